The van der Waals surface area contributed by atoms with E-state index in [0.717, 1.165) is 12.1 Å². The summed E-state index contributed by atoms with van der Waals surface area (Å²) in [5, 5.41) is 5.90. The SMILES string of the molecule is CCOP(=O)(CCN1CCC(N(C)S(=O)(=O)c2ccc(Nc3nccc(Nc4ccc(F)c(F)c4)n3)cc2)CC1)OCC. The molecule has 0 aliphatic carbocycles. The van der Waals surface area contributed by atoms with Crippen LogP contribution in [0.15, 0.2) is 59.6 Å². The zero-order valence-electron chi connectivity index (χ0n) is 24.4. The maximum absolute atomic E-state index is 13.5. The van der Waals surface area contributed by atoms with Crippen LogP contribution < -0.4 is 10.6 Å². The minimum Gasteiger partial charge on any atom is -0.340 e. The molecule has 1 aliphatic rings. The summed E-state index contributed by atoms with van der Waals surface area (Å²) >= 11 is 0. The monoisotopic (exact) mass is 638 g/mol. The van der Waals surface area contributed by atoms with Crippen molar-refractivity contribution in [1.29, 1.82) is 0 Å². The number of likely N-dealkylation sites (tertiary alicyclic amines) is 1. The molecule has 3 aromatic rings. The summed E-state index contributed by atoms with van der Waals surface area (Å²) in [6.45, 7) is 6.12. The van der Waals surface area contributed by atoms with Crippen LogP contribution in [-0.2, 0) is 23.6 Å². The molecule has 43 heavy (non-hydrogen) atoms. The molecule has 0 saturated carbocycles. The lowest BCUT2D eigenvalue weighted by Gasteiger charge is -2.36. The van der Waals surface area contributed by atoms with Gasteiger partial charge >= 0.3 is 7.60 Å². The van der Waals surface area contributed by atoms with Crippen LogP contribution in [0.3, 0.4) is 0 Å². The lowest BCUT2D eigenvalue weighted by molar-refractivity contribution is 0.169. The van der Waals surface area contributed by atoms with Crippen LogP contribution >= 0.6 is 7.60 Å². The first-order chi connectivity index (χ1) is 20.5. The summed E-state index contributed by atoms with van der Waals surface area (Å²) < 4.78 is 78.4. The van der Waals surface area contributed by atoms with E-state index in [2.05, 4.69) is 25.5 Å². The molecule has 234 valence electrons. The summed E-state index contributed by atoms with van der Waals surface area (Å²) in [7, 11) is -5.27. The minimum absolute atomic E-state index is 0.159. The van der Waals surface area contributed by atoms with E-state index >= 15 is 0 Å². The Morgan fingerprint density at radius 1 is 0.977 bits per heavy atom. The van der Waals surface area contributed by atoms with Gasteiger partial charge in [-0.2, -0.15) is 9.29 Å². The molecule has 2 N–H and O–H groups in total. The second kappa shape index (κ2) is 14.7. The molecular formula is C28H37F2N6O5PS. The zero-order chi connectivity index (χ0) is 31.0. The molecule has 11 nitrogen and oxygen atoms in total. The van der Waals surface area contributed by atoms with E-state index in [0.29, 0.717) is 69.0 Å². The van der Waals surface area contributed by atoms with E-state index in [4.69, 9.17) is 9.05 Å². The Labute approximate surface area is 251 Å². The van der Waals surface area contributed by atoms with Crippen LogP contribution in [0.4, 0.5) is 31.9 Å². The molecule has 2 heterocycles. The van der Waals surface area contributed by atoms with Gasteiger partial charge in [0.25, 0.3) is 0 Å². The highest BCUT2D eigenvalue weighted by molar-refractivity contribution is 7.89. The van der Waals surface area contributed by atoms with Gasteiger partial charge in [-0.15, -0.1) is 0 Å². The number of halogens is 2. The Morgan fingerprint density at radius 3 is 2.26 bits per heavy atom. The maximum atomic E-state index is 13.5. The fraction of sp³-hybridized carbons (Fsp3) is 0.429. The van der Waals surface area contributed by atoms with Crippen LogP contribution in [0.1, 0.15) is 26.7 Å². The first-order valence-electron chi connectivity index (χ1n) is 14.0. The highest BCUT2D eigenvalue weighted by Gasteiger charge is 2.32. The van der Waals surface area contributed by atoms with E-state index in [9.17, 15) is 21.8 Å². The number of hydrogen-bond donors (Lipinski definition) is 2. The van der Waals surface area contributed by atoms with Crippen LogP contribution in [0.5, 0.6) is 0 Å². The van der Waals surface area contributed by atoms with Crippen molar-refractivity contribution in [2.24, 2.45) is 0 Å². The van der Waals surface area contributed by atoms with Gasteiger partial charge in [-0.25, -0.2) is 22.2 Å². The quantitative estimate of drug-likeness (QED) is 0.216. The number of piperidine rings is 1. The van der Waals surface area contributed by atoms with E-state index in [-0.39, 0.29) is 16.9 Å². The average Bonchev–Trinajstić information content (AvgIpc) is 2.99. The van der Waals surface area contributed by atoms with Crippen LogP contribution in [0.2, 0.25) is 0 Å². The van der Waals surface area contributed by atoms with Gasteiger partial charge in [0.15, 0.2) is 11.6 Å². The van der Waals surface area contributed by atoms with Crippen molar-refractivity contribution in [3.05, 3.63) is 66.4 Å². The van der Waals surface area contributed by atoms with Crippen LogP contribution in [0, 0.1) is 11.6 Å². The molecule has 0 amide bonds. The Bertz CT molecular complexity index is 1510. The zero-order valence-corrected chi connectivity index (χ0v) is 26.1. The molecule has 15 heteroatoms. The van der Waals surface area contributed by atoms with Gasteiger partial charge in [0.05, 0.1) is 24.3 Å². The van der Waals surface area contributed by atoms with Gasteiger partial charge in [-0.05, 0) is 82.2 Å². The third kappa shape index (κ3) is 8.78. The molecule has 0 spiro atoms. The van der Waals surface area contributed by atoms with Crippen molar-refractivity contribution in [1.82, 2.24) is 19.2 Å². The number of nitrogens with zero attached hydrogens (tertiary/aromatic N) is 4. The van der Waals surface area contributed by atoms with E-state index < -0.39 is 29.3 Å². The first-order valence-corrected chi connectivity index (χ1v) is 17.2. The number of aromatic nitrogens is 2. The molecular weight excluding hydrogens is 601 g/mol. The van der Waals surface area contributed by atoms with Gasteiger partial charge in [0, 0.05) is 43.3 Å². The Morgan fingerprint density at radius 2 is 1.63 bits per heavy atom. The predicted octanol–water partition coefficient (Wildman–Crippen LogP) is 5.59. The molecule has 2 aromatic carbocycles. The first kappa shape index (κ1) is 32.9. The van der Waals surface area contributed by atoms with Gasteiger partial charge < -0.3 is 24.6 Å². The summed E-state index contributed by atoms with van der Waals surface area (Å²) in [6, 6.07) is 11.1. The number of nitrogens with one attached hydrogen (secondary N) is 2. The molecule has 4 rings (SSSR count). The van der Waals surface area contributed by atoms with Gasteiger partial charge in [0.1, 0.15) is 5.82 Å². The average molecular weight is 639 g/mol. The largest absolute Gasteiger partial charge is 0.340 e. The molecule has 1 aromatic heterocycles. The maximum Gasteiger partial charge on any atom is 0.331 e. The number of anilines is 4. The summed E-state index contributed by atoms with van der Waals surface area (Å²) in [6.07, 6.45) is 3.09. The molecule has 0 radical (unpaired) electrons. The molecule has 1 saturated heterocycles. The number of rotatable bonds is 14. The van der Waals surface area contributed by atoms with Crippen LogP contribution in [-0.4, -0.2) is 79.7 Å². The van der Waals surface area contributed by atoms with E-state index in [1.54, 1.807) is 39.1 Å². The summed E-state index contributed by atoms with van der Waals surface area (Å²) in [5.74, 6) is -1.34. The Balaban J connectivity index is 1.32. The Hall–Kier alpha value is -3.00. The van der Waals surface area contributed by atoms with E-state index in [1.165, 1.54) is 28.7 Å². The third-order valence-corrected chi connectivity index (χ3v) is 11.0. The lowest BCUT2D eigenvalue weighted by atomic mass is 10.1. The van der Waals surface area contributed by atoms with Gasteiger partial charge in [-0.1, -0.05) is 0 Å². The highest BCUT2D eigenvalue weighted by Crippen LogP contribution is 2.47. The number of benzene rings is 2. The second-order valence-electron chi connectivity index (χ2n) is 9.93. The molecule has 0 unspecified atom stereocenters. The minimum atomic E-state index is -3.74. The fourth-order valence-electron chi connectivity index (χ4n) is 4.74. The van der Waals surface area contributed by atoms with E-state index in [1.807, 2.05) is 0 Å². The fourth-order valence-corrected chi connectivity index (χ4v) is 7.81. The molecule has 0 atom stereocenters. The lowest BCUT2D eigenvalue weighted by Crippen LogP contribution is -2.46. The Kier molecular flexibility index (Phi) is 11.2. The second-order valence-corrected chi connectivity index (χ2v) is 14.1. The molecule has 1 aliphatic heterocycles. The smallest absolute Gasteiger partial charge is 0.331 e. The molecule has 0 bridgehead atoms. The summed E-state index contributed by atoms with van der Waals surface area (Å²) in [4.78, 5) is 10.8. The normalized spacial score (nSPS) is 15.1. The van der Waals surface area contributed by atoms with Crippen molar-refractivity contribution in [2.45, 2.75) is 37.6 Å². The van der Waals surface area contributed by atoms with Gasteiger partial charge in [0.2, 0.25) is 16.0 Å². The topological polar surface area (TPSA) is 126 Å². The van der Waals surface area contributed by atoms with Crippen molar-refractivity contribution in [3.63, 3.8) is 0 Å². The number of hydrogen-bond acceptors (Lipinski definition) is 10. The van der Waals surface area contributed by atoms with Crippen molar-refractivity contribution in [2.75, 3.05) is 56.7 Å². The van der Waals surface area contributed by atoms with Gasteiger partial charge in [-0.3, -0.25) is 4.57 Å². The van der Waals surface area contributed by atoms with Crippen molar-refractivity contribution < 1.29 is 30.8 Å². The molecule has 1 fully saturated rings. The predicted molar refractivity (Wildman–Crippen MR) is 162 cm³/mol. The third-order valence-electron chi connectivity index (χ3n) is 7.05. The standard InChI is InChI=1S/C28H37F2N6O5PS/c1-4-40-42(37,41-5-2)19-18-36-16-13-23(14-17-36)35(3)43(38,39)24-9-6-21(7-10-24)33-28-31-15-12-27(34-28)32-22-8-11-25(29)26(30)20-22/h6-12,15,20,23H,4-5,13-14,16-19H2,1-3H3,(H2,31,32,33,34). The van der Waals surface area contributed by atoms with Crippen molar-refractivity contribution >= 4 is 40.8 Å². The van der Waals surface area contributed by atoms with Crippen molar-refractivity contribution in [3.8, 4) is 0 Å². The van der Waals surface area contributed by atoms with Crippen LogP contribution in [0.25, 0.3) is 0 Å². The highest BCUT2D eigenvalue weighted by atomic mass is 32.2. The number of sulfonamides is 1. The summed E-state index contributed by atoms with van der Waals surface area (Å²) in [5.41, 5.74) is 0.887.